The number of fused-ring (bicyclic) bond motifs is 1. The van der Waals surface area contributed by atoms with Gasteiger partial charge >= 0.3 is 0 Å². The van der Waals surface area contributed by atoms with Crippen LogP contribution >= 0.6 is 15.9 Å². The number of alkyl halides is 1. The minimum Gasteiger partial charge on any atom is -0.340 e. The summed E-state index contributed by atoms with van der Waals surface area (Å²) in [4.78, 5) is 25.7. The van der Waals surface area contributed by atoms with E-state index in [1.165, 1.54) is 12.7 Å². The minimum absolute atomic E-state index is 0.167. The maximum atomic E-state index is 11.1. The molecule has 0 bridgehead atoms. The Labute approximate surface area is 87.3 Å². The van der Waals surface area contributed by atoms with Crippen LogP contribution in [0.4, 0.5) is 5.82 Å². The SMILES string of the molecule is O=C(CBr)Nc1ncnc2nc[nH]c12. The average molecular weight is 256 g/mol. The monoisotopic (exact) mass is 255 g/mol. The first kappa shape index (κ1) is 9.07. The highest BCUT2D eigenvalue weighted by Gasteiger charge is 2.07. The molecule has 1 amide bonds. The van der Waals surface area contributed by atoms with Crippen LogP contribution in [0, 0.1) is 0 Å². The van der Waals surface area contributed by atoms with E-state index in [2.05, 4.69) is 41.2 Å². The van der Waals surface area contributed by atoms with Gasteiger partial charge < -0.3 is 10.3 Å². The third-order valence-electron chi connectivity index (χ3n) is 1.60. The van der Waals surface area contributed by atoms with Crippen molar-refractivity contribution in [3.05, 3.63) is 12.7 Å². The fourth-order valence-electron chi connectivity index (χ4n) is 1.03. The van der Waals surface area contributed by atoms with Gasteiger partial charge in [-0.1, -0.05) is 15.9 Å². The summed E-state index contributed by atoms with van der Waals surface area (Å²) in [6.45, 7) is 0. The first-order valence-electron chi connectivity index (χ1n) is 3.81. The molecule has 0 saturated heterocycles. The minimum atomic E-state index is -0.167. The lowest BCUT2D eigenvalue weighted by Gasteiger charge is -2.01. The number of carbonyl (C=O) groups excluding carboxylic acids is 1. The van der Waals surface area contributed by atoms with E-state index in [-0.39, 0.29) is 11.2 Å². The molecule has 2 heterocycles. The zero-order valence-corrected chi connectivity index (χ0v) is 8.58. The quantitative estimate of drug-likeness (QED) is 0.774. The Morgan fingerprint density at radius 3 is 3.14 bits per heavy atom. The number of imidazole rings is 1. The van der Waals surface area contributed by atoms with Crippen molar-refractivity contribution in [2.75, 3.05) is 10.6 Å². The van der Waals surface area contributed by atoms with E-state index in [4.69, 9.17) is 0 Å². The predicted molar refractivity (Wildman–Crippen MR) is 54.1 cm³/mol. The number of aromatic nitrogens is 4. The lowest BCUT2D eigenvalue weighted by atomic mass is 10.5. The third kappa shape index (κ3) is 1.58. The summed E-state index contributed by atoms with van der Waals surface area (Å²) in [7, 11) is 0. The molecule has 2 N–H and O–H groups in total. The van der Waals surface area contributed by atoms with Gasteiger partial charge in [0.1, 0.15) is 11.8 Å². The van der Waals surface area contributed by atoms with Crippen molar-refractivity contribution in [3.63, 3.8) is 0 Å². The van der Waals surface area contributed by atoms with Gasteiger partial charge in [0.05, 0.1) is 11.7 Å². The highest BCUT2D eigenvalue weighted by atomic mass is 79.9. The summed E-state index contributed by atoms with van der Waals surface area (Å²) in [6, 6.07) is 0. The van der Waals surface area contributed by atoms with Gasteiger partial charge in [0, 0.05) is 0 Å². The fraction of sp³-hybridized carbons (Fsp3) is 0.143. The van der Waals surface area contributed by atoms with E-state index < -0.39 is 0 Å². The number of halogens is 1. The molecule has 2 aromatic rings. The lowest BCUT2D eigenvalue weighted by Crippen LogP contribution is -2.13. The number of H-pyrrole nitrogens is 1. The fourth-order valence-corrected chi connectivity index (χ4v) is 1.17. The molecule has 0 saturated carbocycles. The second-order valence-corrected chi connectivity index (χ2v) is 3.07. The van der Waals surface area contributed by atoms with E-state index in [1.807, 2.05) is 0 Å². The van der Waals surface area contributed by atoms with Crippen molar-refractivity contribution in [1.29, 1.82) is 0 Å². The smallest absolute Gasteiger partial charge is 0.236 e. The lowest BCUT2D eigenvalue weighted by molar-refractivity contribution is -0.113. The van der Waals surface area contributed by atoms with E-state index in [9.17, 15) is 4.79 Å². The van der Waals surface area contributed by atoms with Crippen LogP contribution in [0.5, 0.6) is 0 Å². The van der Waals surface area contributed by atoms with Crippen molar-refractivity contribution in [3.8, 4) is 0 Å². The summed E-state index contributed by atoms with van der Waals surface area (Å²) in [5.41, 5.74) is 1.16. The second kappa shape index (κ2) is 3.70. The number of nitrogens with one attached hydrogen (secondary N) is 2. The molecule has 0 atom stereocenters. The number of aromatic amines is 1. The van der Waals surface area contributed by atoms with Gasteiger partial charge in [-0.3, -0.25) is 4.79 Å². The standard InChI is InChI=1S/C7H6BrN5O/c8-1-4(14)13-7-5-6(10-2-9-5)11-3-12-7/h2-3H,1H2,(H2,9,10,11,12,13,14). The molecule has 0 aliphatic rings. The number of amides is 1. The van der Waals surface area contributed by atoms with Crippen LogP contribution in [-0.4, -0.2) is 31.2 Å². The van der Waals surface area contributed by atoms with Gasteiger partial charge in [-0.25, -0.2) is 15.0 Å². The first-order valence-corrected chi connectivity index (χ1v) is 4.93. The molecule has 6 nitrogen and oxygen atoms in total. The van der Waals surface area contributed by atoms with Crippen LogP contribution in [0.2, 0.25) is 0 Å². The number of carbonyl (C=O) groups is 1. The molecular weight excluding hydrogens is 250 g/mol. The summed E-state index contributed by atoms with van der Waals surface area (Å²) < 4.78 is 0. The van der Waals surface area contributed by atoms with Crippen LogP contribution in [0.15, 0.2) is 12.7 Å². The molecule has 7 heteroatoms. The zero-order valence-electron chi connectivity index (χ0n) is 6.99. The van der Waals surface area contributed by atoms with E-state index in [1.54, 1.807) is 0 Å². The Bertz CT molecular complexity index is 468. The molecule has 0 radical (unpaired) electrons. The molecule has 14 heavy (non-hydrogen) atoms. The van der Waals surface area contributed by atoms with Gasteiger partial charge in [-0.15, -0.1) is 0 Å². The van der Waals surface area contributed by atoms with Crippen LogP contribution < -0.4 is 5.32 Å². The molecule has 0 aliphatic heterocycles. The Morgan fingerprint density at radius 2 is 2.36 bits per heavy atom. The van der Waals surface area contributed by atoms with Crippen LogP contribution in [0.1, 0.15) is 0 Å². The number of anilines is 1. The van der Waals surface area contributed by atoms with Gasteiger partial charge in [0.2, 0.25) is 5.91 Å². The number of hydrogen-bond acceptors (Lipinski definition) is 4. The number of nitrogens with zero attached hydrogens (tertiary/aromatic N) is 3. The maximum Gasteiger partial charge on any atom is 0.236 e. The Kier molecular flexibility index (Phi) is 2.40. The predicted octanol–water partition coefficient (Wildman–Crippen LogP) is 0.686. The van der Waals surface area contributed by atoms with Crippen molar-refractivity contribution in [2.24, 2.45) is 0 Å². The Hall–Kier alpha value is -1.50. The Balaban J connectivity index is 2.41. The van der Waals surface area contributed by atoms with Crippen LogP contribution in [0.25, 0.3) is 11.2 Å². The topological polar surface area (TPSA) is 83.6 Å². The van der Waals surface area contributed by atoms with E-state index in [0.29, 0.717) is 17.0 Å². The van der Waals surface area contributed by atoms with Crippen molar-refractivity contribution < 1.29 is 4.79 Å². The second-order valence-electron chi connectivity index (χ2n) is 2.51. The molecule has 0 fully saturated rings. The van der Waals surface area contributed by atoms with Gasteiger partial charge in [-0.2, -0.15) is 0 Å². The molecule has 2 rings (SSSR count). The van der Waals surface area contributed by atoms with Crippen molar-refractivity contribution in [1.82, 2.24) is 19.9 Å². The van der Waals surface area contributed by atoms with Gasteiger partial charge in [0.15, 0.2) is 11.5 Å². The zero-order chi connectivity index (χ0) is 9.97. The van der Waals surface area contributed by atoms with E-state index >= 15 is 0 Å². The van der Waals surface area contributed by atoms with Gasteiger partial charge in [-0.05, 0) is 0 Å². The summed E-state index contributed by atoms with van der Waals surface area (Å²) in [5, 5.41) is 2.84. The summed E-state index contributed by atoms with van der Waals surface area (Å²) in [6.07, 6.45) is 2.86. The number of rotatable bonds is 2. The normalized spacial score (nSPS) is 10.4. The third-order valence-corrected chi connectivity index (χ3v) is 2.11. The van der Waals surface area contributed by atoms with Crippen LogP contribution in [-0.2, 0) is 4.79 Å². The van der Waals surface area contributed by atoms with Gasteiger partial charge in [0.25, 0.3) is 0 Å². The maximum absolute atomic E-state index is 11.1. The van der Waals surface area contributed by atoms with Crippen molar-refractivity contribution in [2.45, 2.75) is 0 Å². The average Bonchev–Trinajstić information content (AvgIpc) is 2.66. The van der Waals surface area contributed by atoms with Crippen LogP contribution in [0.3, 0.4) is 0 Å². The molecular formula is C7H6BrN5O. The summed E-state index contributed by atoms with van der Waals surface area (Å²) >= 11 is 3.05. The van der Waals surface area contributed by atoms with Crippen molar-refractivity contribution >= 4 is 38.8 Å². The molecule has 72 valence electrons. The molecule has 0 aromatic carbocycles. The molecule has 0 aliphatic carbocycles. The van der Waals surface area contributed by atoms with E-state index in [0.717, 1.165) is 0 Å². The largest absolute Gasteiger partial charge is 0.340 e. The highest BCUT2D eigenvalue weighted by Crippen LogP contribution is 2.13. The molecule has 0 spiro atoms. The molecule has 0 unspecified atom stereocenters. The Morgan fingerprint density at radius 1 is 1.50 bits per heavy atom. The summed E-state index contributed by atoms with van der Waals surface area (Å²) in [5.74, 6) is 0.275. The number of hydrogen-bond donors (Lipinski definition) is 2. The highest BCUT2D eigenvalue weighted by molar-refractivity contribution is 9.09. The molecule has 2 aromatic heterocycles. The first-order chi connectivity index (χ1) is 6.81.